The molecule has 8 heteroatoms. The number of carbonyl (C=O) groups excluding carboxylic acids is 2. The van der Waals surface area contributed by atoms with Gasteiger partial charge in [0.05, 0.1) is 11.6 Å². The second kappa shape index (κ2) is 8.14. The predicted molar refractivity (Wildman–Crippen MR) is 103 cm³/mol. The molecule has 1 unspecified atom stereocenters. The van der Waals surface area contributed by atoms with Gasteiger partial charge in [-0.2, -0.15) is 13.2 Å². The number of benzene rings is 2. The molecular weight excluding hydrogens is 385 g/mol. The van der Waals surface area contributed by atoms with Crippen molar-refractivity contribution in [3.63, 3.8) is 0 Å². The van der Waals surface area contributed by atoms with Crippen LogP contribution in [0.2, 0.25) is 0 Å². The Morgan fingerprint density at radius 1 is 1.17 bits per heavy atom. The number of hydrogen-bond acceptors (Lipinski definition) is 3. The molecule has 3 rings (SSSR count). The van der Waals surface area contributed by atoms with Crippen molar-refractivity contribution in [3.8, 4) is 5.75 Å². The summed E-state index contributed by atoms with van der Waals surface area (Å²) in [6, 6.07) is 11.5. The van der Waals surface area contributed by atoms with E-state index < -0.39 is 24.6 Å². The predicted octanol–water partition coefficient (Wildman–Crippen LogP) is 4.24. The Hall–Kier alpha value is -3.03. The van der Waals surface area contributed by atoms with Crippen LogP contribution in [-0.2, 0) is 9.59 Å². The number of nitrogens with one attached hydrogen (secondary N) is 1. The molecule has 2 amide bonds. The Morgan fingerprint density at radius 3 is 2.62 bits per heavy atom. The molecule has 29 heavy (non-hydrogen) atoms. The maximum Gasteiger partial charge on any atom is 0.422 e. The molecule has 0 aromatic heterocycles. The minimum Gasteiger partial charge on any atom is -0.482 e. The Labute approximate surface area is 166 Å². The third-order valence-electron chi connectivity index (χ3n) is 4.90. The van der Waals surface area contributed by atoms with Gasteiger partial charge >= 0.3 is 6.18 Å². The van der Waals surface area contributed by atoms with Gasteiger partial charge in [0.15, 0.2) is 6.61 Å². The Balaban J connectivity index is 1.71. The van der Waals surface area contributed by atoms with Crippen LogP contribution in [0, 0.1) is 19.8 Å². The smallest absolute Gasteiger partial charge is 0.422 e. The summed E-state index contributed by atoms with van der Waals surface area (Å²) in [6.45, 7) is 2.61. The first-order chi connectivity index (χ1) is 13.7. The lowest BCUT2D eigenvalue weighted by Crippen LogP contribution is -2.29. The van der Waals surface area contributed by atoms with E-state index in [1.807, 2.05) is 32.0 Å². The molecule has 5 nitrogen and oxygen atoms in total. The highest BCUT2D eigenvalue weighted by atomic mass is 19.4. The normalized spacial score (nSPS) is 16.8. The van der Waals surface area contributed by atoms with Gasteiger partial charge < -0.3 is 15.0 Å². The van der Waals surface area contributed by atoms with Gasteiger partial charge in [0.2, 0.25) is 11.8 Å². The standard InChI is InChI=1S/C21H21F3N2O3/c1-13-6-5-8-17(14(13)2)26-11-15(10-19(26)27)20(28)25-16-7-3-4-9-18(16)29-12-21(22,23)24/h3-9,15H,10-12H2,1-2H3,(H,25,28). The minimum atomic E-state index is -4.48. The molecule has 0 bridgehead atoms. The Kier molecular flexibility index (Phi) is 5.81. The van der Waals surface area contributed by atoms with Crippen LogP contribution in [0.1, 0.15) is 17.5 Å². The number of carbonyl (C=O) groups is 2. The summed E-state index contributed by atoms with van der Waals surface area (Å²) < 4.78 is 42.1. The summed E-state index contributed by atoms with van der Waals surface area (Å²) in [5.74, 6) is -1.29. The monoisotopic (exact) mass is 406 g/mol. The fourth-order valence-electron chi connectivity index (χ4n) is 3.23. The van der Waals surface area contributed by atoms with Crippen molar-refractivity contribution >= 4 is 23.2 Å². The van der Waals surface area contributed by atoms with Crippen LogP contribution >= 0.6 is 0 Å². The van der Waals surface area contributed by atoms with Crippen LogP contribution < -0.4 is 15.0 Å². The van der Waals surface area contributed by atoms with Crippen molar-refractivity contribution in [1.29, 1.82) is 0 Å². The third-order valence-corrected chi connectivity index (χ3v) is 4.90. The molecule has 0 spiro atoms. The number of aryl methyl sites for hydroxylation is 1. The van der Waals surface area contributed by atoms with E-state index in [1.165, 1.54) is 18.2 Å². The van der Waals surface area contributed by atoms with Crippen LogP contribution in [0.5, 0.6) is 5.75 Å². The van der Waals surface area contributed by atoms with Gasteiger partial charge in [-0.25, -0.2) is 0 Å². The van der Waals surface area contributed by atoms with E-state index in [0.29, 0.717) is 0 Å². The number of amides is 2. The van der Waals surface area contributed by atoms with Crippen LogP contribution in [0.25, 0.3) is 0 Å². The maximum atomic E-state index is 12.7. The topological polar surface area (TPSA) is 58.6 Å². The lowest BCUT2D eigenvalue weighted by molar-refractivity contribution is -0.153. The molecule has 1 atom stereocenters. The van der Waals surface area contributed by atoms with Gasteiger partial charge in [0, 0.05) is 18.7 Å². The second-order valence-electron chi connectivity index (χ2n) is 7.01. The van der Waals surface area contributed by atoms with E-state index in [-0.39, 0.29) is 30.3 Å². The Bertz CT molecular complexity index is 928. The molecule has 2 aromatic carbocycles. The molecule has 1 aliphatic heterocycles. The van der Waals surface area contributed by atoms with Crippen molar-refractivity contribution in [3.05, 3.63) is 53.6 Å². The van der Waals surface area contributed by atoms with Gasteiger partial charge in [-0.1, -0.05) is 24.3 Å². The van der Waals surface area contributed by atoms with Gasteiger partial charge in [-0.3, -0.25) is 9.59 Å². The zero-order valence-electron chi connectivity index (χ0n) is 16.0. The molecule has 2 aromatic rings. The van der Waals surface area contributed by atoms with Crippen molar-refractivity contribution in [2.75, 3.05) is 23.4 Å². The largest absolute Gasteiger partial charge is 0.482 e. The summed E-state index contributed by atoms with van der Waals surface area (Å²) in [7, 11) is 0. The first kappa shape index (κ1) is 20.7. The fraction of sp³-hybridized carbons (Fsp3) is 0.333. The van der Waals surface area contributed by atoms with E-state index in [2.05, 4.69) is 5.32 Å². The van der Waals surface area contributed by atoms with E-state index >= 15 is 0 Å². The first-order valence-corrected chi connectivity index (χ1v) is 9.12. The van der Waals surface area contributed by atoms with Crippen molar-refractivity contribution in [2.24, 2.45) is 5.92 Å². The molecule has 0 radical (unpaired) electrons. The van der Waals surface area contributed by atoms with Gasteiger partial charge in [-0.15, -0.1) is 0 Å². The lowest BCUT2D eigenvalue weighted by Gasteiger charge is -2.20. The molecular formula is C21H21F3N2O3. The summed E-state index contributed by atoms with van der Waals surface area (Å²) in [5, 5.41) is 2.60. The number of hydrogen-bond donors (Lipinski definition) is 1. The number of anilines is 2. The Morgan fingerprint density at radius 2 is 1.90 bits per heavy atom. The van der Waals surface area contributed by atoms with Gasteiger partial charge in [0.25, 0.3) is 0 Å². The van der Waals surface area contributed by atoms with E-state index in [1.54, 1.807) is 11.0 Å². The average molecular weight is 406 g/mol. The summed E-state index contributed by atoms with van der Waals surface area (Å²) in [5.41, 5.74) is 2.91. The third kappa shape index (κ3) is 4.88. The summed E-state index contributed by atoms with van der Waals surface area (Å²) in [6.07, 6.45) is -4.45. The highest BCUT2D eigenvalue weighted by Crippen LogP contribution is 2.31. The molecule has 1 aliphatic rings. The highest BCUT2D eigenvalue weighted by molar-refractivity contribution is 6.04. The molecule has 0 saturated carbocycles. The van der Waals surface area contributed by atoms with Gasteiger partial charge in [0.1, 0.15) is 5.75 Å². The minimum absolute atomic E-state index is 0.0325. The molecule has 1 heterocycles. The molecule has 1 saturated heterocycles. The zero-order chi connectivity index (χ0) is 21.2. The van der Waals surface area contributed by atoms with Crippen molar-refractivity contribution in [2.45, 2.75) is 26.4 Å². The molecule has 1 fully saturated rings. The number of para-hydroxylation sites is 2. The van der Waals surface area contributed by atoms with Crippen LogP contribution in [0.3, 0.4) is 0 Å². The number of alkyl halides is 3. The number of rotatable bonds is 5. The maximum absolute atomic E-state index is 12.7. The molecule has 0 aliphatic carbocycles. The molecule has 1 N–H and O–H groups in total. The number of halogens is 3. The SMILES string of the molecule is Cc1cccc(N2CC(C(=O)Nc3ccccc3OCC(F)(F)F)CC2=O)c1C. The zero-order valence-corrected chi connectivity index (χ0v) is 16.0. The average Bonchev–Trinajstić information content (AvgIpc) is 3.04. The van der Waals surface area contributed by atoms with Crippen molar-refractivity contribution in [1.82, 2.24) is 0 Å². The van der Waals surface area contributed by atoms with E-state index in [4.69, 9.17) is 4.74 Å². The van der Waals surface area contributed by atoms with E-state index in [0.717, 1.165) is 16.8 Å². The fourth-order valence-corrected chi connectivity index (χ4v) is 3.23. The first-order valence-electron chi connectivity index (χ1n) is 9.12. The van der Waals surface area contributed by atoms with Crippen LogP contribution in [0.4, 0.5) is 24.5 Å². The van der Waals surface area contributed by atoms with E-state index in [9.17, 15) is 22.8 Å². The van der Waals surface area contributed by atoms with Crippen LogP contribution in [-0.4, -0.2) is 31.1 Å². The molecule has 154 valence electrons. The lowest BCUT2D eigenvalue weighted by atomic mass is 10.1. The quantitative estimate of drug-likeness (QED) is 0.808. The van der Waals surface area contributed by atoms with Crippen molar-refractivity contribution < 1.29 is 27.5 Å². The number of nitrogens with zero attached hydrogens (tertiary/aromatic N) is 1. The number of ether oxygens (including phenoxy) is 1. The summed E-state index contributed by atoms with van der Waals surface area (Å²) in [4.78, 5) is 26.7. The van der Waals surface area contributed by atoms with Crippen LogP contribution in [0.15, 0.2) is 42.5 Å². The highest BCUT2D eigenvalue weighted by Gasteiger charge is 2.36. The van der Waals surface area contributed by atoms with Gasteiger partial charge in [-0.05, 0) is 43.2 Å². The summed E-state index contributed by atoms with van der Waals surface area (Å²) >= 11 is 0. The second-order valence-corrected chi connectivity index (χ2v) is 7.01.